The molecule has 9 heteroatoms. The predicted molar refractivity (Wildman–Crippen MR) is 101 cm³/mol. The van der Waals surface area contributed by atoms with Crippen molar-refractivity contribution in [3.8, 4) is 5.75 Å². The number of anilines is 1. The molecule has 0 spiro atoms. The Balaban J connectivity index is 1.65. The summed E-state index contributed by atoms with van der Waals surface area (Å²) < 4.78 is 23.9. The van der Waals surface area contributed by atoms with Crippen LogP contribution >= 0.6 is 22.9 Å². The van der Waals surface area contributed by atoms with E-state index in [-0.39, 0.29) is 16.7 Å². The van der Waals surface area contributed by atoms with Gasteiger partial charge in [0.2, 0.25) is 0 Å². The lowest BCUT2D eigenvalue weighted by Gasteiger charge is -2.27. The number of thiophene rings is 1. The van der Waals surface area contributed by atoms with Gasteiger partial charge in [-0.15, -0.1) is 11.3 Å². The molecule has 27 heavy (non-hydrogen) atoms. The molecule has 1 aromatic carbocycles. The Morgan fingerprint density at radius 1 is 1.33 bits per heavy atom. The summed E-state index contributed by atoms with van der Waals surface area (Å²) in [6, 6.07) is 5.35. The normalized spacial score (nSPS) is 15.3. The van der Waals surface area contributed by atoms with Crippen molar-refractivity contribution in [1.29, 1.82) is 0 Å². The van der Waals surface area contributed by atoms with Gasteiger partial charge in [0.15, 0.2) is 6.10 Å². The fraction of sp³-hybridized carbons (Fsp3) is 0.333. The zero-order valence-electron chi connectivity index (χ0n) is 14.5. The lowest BCUT2D eigenvalue weighted by Crippen LogP contribution is -2.41. The van der Waals surface area contributed by atoms with Crippen LogP contribution in [0.4, 0.5) is 9.39 Å². The molecule has 1 fully saturated rings. The zero-order valence-corrected chi connectivity index (χ0v) is 16.1. The first-order valence-electron chi connectivity index (χ1n) is 8.33. The molecule has 0 bridgehead atoms. The molecule has 1 saturated heterocycles. The van der Waals surface area contributed by atoms with Gasteiger partial charge in [-0.05, 0) is 36.6 Å². The van der Waals surface area contributed by atoms with Crippen molar-refractivity contribution < 1.29 is 23.5 Å². The third kappa shape index (κ3) is 4.77. The van der Waals surface area contributed by atoms with Crippen LogP contribution in [-0.2, 0) is 9.53 Å². The van der Waals surface area contributed by atoms with Crippen molar-refractivity contribution in [1.82, 2.24) is 4.90 Å². The number of nitrogens with zero attached hydrogens (tertiary/aromatic N) is 1. The fourth-order valence-corrected chi connectivity index (χ4v) is 3.53. The van der Waals surface area contributed by atoms with Crippen LogP contribution in [0.15, 0.2) is 29.6 Å². The average Bonchev–Trinajstić information content (AvgIpc) is 3.12. The highest BCUT2D eigenvalue weighted by molar-refractivity contribution is 7.14. The third-order valence-electron chi connectivity index (χ3n) is 4.00. The number of hydrogen-bond acceptors (Lipinski definition) is 5. The maximum absolute atomic E-state index is 13.1. The van der Waals surface area contributed by atoms with Crippen LogP contribution < -0.4 is 10.1 Å². The molecule has 0 unspecified atom stereocenters. The molecule has 1 aliphatic rings. The Hall–Kier alpha value is -2.16. The van der Waals surface area contributed by atoms with Crippen LogP contribution in [-0.4, -0.2) is 49.1 Å². The van der Waals surface area contributed by atoms with Gasteiger partial charge in [0.25, 0.3) is 11.8 Å². The van der Waals surface area contributed by atoms with Gasteiger partial charge in [0, 0.05) is 13.1 Å². The summed E-state index contributed by atoms with van der Waals surface area (Å²) >= 11 is 7.18. The predicted octanol–water partition coefficient (Wildman–Crippen LogP) is 3.42. The SMILES string of the molecule is C[C@@H](Oc1ccc(F)cc1Cl)C(=O)Nc1sccc1C(=O)N1CCOCC1. The molecule has 2 amide bonds. The first kappa shape index (κ1) is 19.6. The van der Waals surface area contributed by atoms with Crippen molar-refractivity contribution in [2.24, 2.45) is 0 Å². The van der Waals surface area contributed by atoms with Gasteiger partial charge < -0.3 is 19.7 Å². The summed E-state index contributed by atoms with van der Waals surface area (Å²) in [4.78, 5) is 26.8. The van der Waals surface area contributed by atoms with E-state index in [2.05, 4.69) is 5.32 Å². The van der Waals surface area contributed by atoms with E-state index in [1.165, 1.54) is 23.5 Å². The van der Waals surface area contributed by atoms with Crippen LogP contribution in [0.1, 0.15) is 17.3 Å². The van der Waals surface area contributed by atoms with Gasteiger partial charge in [-0.3, -0.25) is 9.59 Å². The van der Waals surface area contributed by atoms with Gasteiger partial charge in [-0.2, -0.15) is 0 Å². The molecule has 2 aromatic rings. The molecule has 1 N–H and O–H groups in total. The molecule has 1 atom stereocenters. The molecule has 3 rings (SSSR count). The first-order chi connectivity index (χ1) is 13.0. The van der Waals surface area contributed by atoms with Gasteiger partial charge in [0.1, 0.15) is 16.6 Å². The van der Waals surface area contributed by atoms with Gasteiger partial charge in [0.05, 0.1) is 23.8 Å². The van der Waals surface area contributed by atoms with Crippen molar-refractivity contribution in [2.75, 3.05) is 31.6 Å². The van der Waals surface area contributed by atoms with E-state index in [1.807, 2.05) is 0 Å². The number of rotatable bonds is 5. The summed E-state index contributed by atoms with van der Waals surface area (Å²) in [6.45, 7) is 3.59. The number of carbonyl (C=O) groups excluding carboxylic acids is 2. The minimum atomic E-state index is -0.888. The molecule has 1 aromatic heterocycles. The second-order valence-electron chi connectivity index (χ2n) is 5.89. The summed E-state index contributed by atoms with van der Waals surface area (Å²) in [5.41, 5.74) is 0.433. The molecule has 0 aliphatic carbocycles. The number of nitrogens with one attached hydrogen (secondary N) is 1. The largest absolute Gasteiger partial charge is 0.479 e. The van der Waals surface area contributed by atoms with E-state index >= 15 is 0 Å². The van der Waals surface area contributed by atoms with Crippen molar-refractivity contribution in [3.05, 3.63) is 46.0 Å². The second kappa shape index (κ2) is 8.69. The van der Waals surface area contributed by atoms with Gasteiger partial charge >= 0.3 is 0 Å². The van der Waals surface area contributed by atoms with Crippen molar-refractivity contribution in [2.45, 2.75) is 13.0 Å². The Kier molecular flexibility index (Phi) is 6.30. The quantitative estimate of drug-likeness (QED) is 0.817. The highest BCUT2D eigenvalue weighted by atomic mass is 35.5. The summed E-state index contributed by atoms with van der Waals surface area (Å²) in [5, 5.41) is 5.00. The maximum Gasteiger partial charge on any atom is 0.265 e. The molecular weight excluding hydrogens is 395 g/mol. The molecular formula is C18H18ClFN2O4S. The van der Waals surface area contributed by atoms with E-state index in [0.717, 1.165) is 6.07 Å². The summed E-state index contributed by atoms with van der Waals surface area (Å²) in [7, 11) is 0. The maximum atomic E-state index is 13.1. The minimum Gasteiger partial charge on any atom is -0.479 e. The number of carbonyl (C=O) groups is 2. The molecule has 6 nitrogen and oxygen atoms in total. The third-order valence-corrected chi connectivity index (χ3v) is 5.12. The Morgan fingerprint density at radius 3 is 2.78 bits per heavy atom. The monoisotopic (exact) mass is 412 g/mol. The highest BCUT2D eigenvalue weighted by Gasteiger charge is 2.24. The second-order valence-corrected chi connectivity index (χ2v) is 7.22. The molecule has 144 valence electrons. The Labute approximate surface area is 164 Å². The minimum absolute atomic E-state index is 0.0777. The van der Waals surface area contributed by atoms with Crippen LogP contribution in [0, 0.1) is 5.82 Å². The van der Waals surface area contributed by atoms with Crippen molar-refractivity contribution in [3.63, 3.8) is 0 Å². The Bertz CT molecular complexity index is 839. The standard InChI is InChI=1S/C18H18ClFN2O4S/c1-11(26-15-3-2-12(20)10-14(15)19)16(23)21-17-13(4-9-27-17)18(24)22-5-7-25-8-6-22/h2-4,9-11H,5-8H2,1H3,(H,21,23)/t11-/m1/s1. The molecule has 2 heterocycles. The van der Waals surface area contributed by atoms with E-state index in [4.69, 9.17) is 21.1 Å². The smallest absolute Gasteiger partial charge is 0.265 e. The number of morpholine rings is 1. The van der Waals surface area contributed by atoms with Crippen LogP contribution in [0.5, 0.6) is 5.75 Å². The zero-order chi connectivity index (χ0) is 19.4. The van der Waals surface area contributed by atoms with E-state index in [1.54, 1.807) is 23.3 Å². The molecule has 0 saturated carbocycles. The number of halogens is 2. The Morgan fingerprint density at radius 2 is 2.07 bits per heavy atom. The molecule has 0 radical (unpaired) electrons. The highest BCUT2D eigenvalue weighted by Crippen LogP contribution is 2.28. The van der Waals surface area contributed by atoms with Gasteiger partial charge in [-0.25, -0.2) is 4.39 Å². The number of hydrogen-bond donors (Lipinski definition) is 1. The summed E-state index contributed by atoms with van der Waals surface area (Å²) in [6.07, 6.45) is -0.888. The summed E-state index contributed by atoms with van der Waals surface area (Å²) in [5.74, 6) is -0.871. The van der Waals surface area contributed by atoms with Crippen LogP contribution in [0.25, 0.3) is 0 Å². The topological polar surface area (TPSA) is 67.9 Å². The number of ether oxygens (including phenoxy) is 2. The van der Waals surface area contributed by atoms with Crippen LogP contribution in [0.3, 0.4) is 0 Å². The van der Waals surface area contributed by atoms with Crippen molar-refractivity contribution >= 4 is 39.8 Å². The van der Waals surface area contributed by atoms with Gasteiger partial charge in [-0.1, -0.05) is 11.6 Å². The number of benzene rings is 1. The lowest BCUT2D eigenvalue weighted by atomic mass is 10.2. The first-order valence-corrected chi connectivity index (χ1v) is 9.58. The lowest BCUT2D eigenvalue weighted by molar-refractivity contribution is -0.122. The van der Waals surface area contributed by atoms with E-state index in [9.17, 15) is 14.0 Å². The molecule has 1 aliphatic heterocycles. The number of amides is 2. The fourth-order valence-electron chi connectivity index (χ4n) is 2.54. The van der Waals surface area contributed by atoms with Crippen LogP contribution in [0.2, 0.25) is 5.02 Å². The average molecular weight is 413 g/mol. The van der Waals surface area contributed by atoms with E-state index in [0.29, 0.717) is 36.9 Å². The van der Waals surface area contributed by atoms with E-state index < -0.39 is 17.8 Å².